The Morgan fingerprint density at radius 1 is 1.35 bits per heavy atom. The Kier molecular flexibility index (Phi) is 6.55. The minimum absolute atomic E-state index is 0.208. The van der Waals surface area contributed by atoms with E-state index in [1.54, 1.807) is 43.3 Å². The summed E-state index contributed by atoms with van der Waals surface area (Å²) in [6, 6.07) is 5.68. The second-order valence-corrected chi connectivity index (χ2v) is 7.25. The molecule has 1 saturated carbocycles. The fraction of sp³-hybridized carbons (Fsp3) is 0.526. The number of ether oxygens (including phenoxy) is 1. The summed E-state index contributed by atoms with van der Waals surface area (Å²) in [5, 5.41) is 19.7. The maximum Gasteiger partial charge on any atom is 0.191 e. The zero-order chi connectivity index (χ0) is 18.4. The van der Waals surface area contributed by atoms with Crippen molar-refractivity contribution in [1.29, 1.82) is 0 Å². The predicted molar refractivity (Wildman–Crippen MR) is 105 cm³/mol. The van der Waals surface area contributed by atoms with Gasteiger partial charge in [-0.05, 0) is 43.7 Å². The molecule has 140 valence electrons. The van der Waals surface area contributed by atoms with Crippen molar-refractivity contribution in [2.24, 2.45) is 4.99 Å². The van der Waals surface area contributed by atoms with E-state index in [1.165, 1.54) is 25.7 Å². The average molecular weight is 375 g/mol. The van der Waals surface area contributed by atoms with Crippen molar-refractivity contribution in [2.75, 3.05) is 19.9 Å². The van der Waals surface area contributed by atoms with Gasteiger partial charge < -0.3 is 14.4 Å². The van der Waals surface area contributed by atoms with E-state index in [0.717, 1.165) is 23.8 Å². The lowest BCUT2D eigenvalue weighted by Crippen LogP contribution is -2.11. The van der Waals surface area contributed by atoms with Gasteiger partial charge in [0.05, 0.1) is 7.11 Å². The molecule has 0 saturated heterocycles. The summed E-state index contributed by atoms with van der Waals surface area (Å²) in [5.74, 6) is 1.99. The second kappa shape index (κ2) is 9.07. The Balaban J connectivity index is 1.58. The predicted octanol–water partition coefficient (Wildman–Crippen LogP) is 3.88. The molecular formula is C19H26N4O2S. The molecule has 1 heterocycles. The number of phenols is 1. The number of aliphatic imine (C=N–C) groups is 1. The summed E-state index contributed by atoms with van der Waals surface area (Å²) >= 11 is 1.67. The van der Waals surface area contributed by atoms with Gasteiger partial charge in [-0.2, -0.15) is 0 Å². The van der Waals surface area contributed by atoms with Crippen LogP contribution in [0.25, 0.3) is 0 Å². The van der Waals surface area contributed by atoms with Gasteiger partial charge in [-0.3, -0.25) is 4.99 Å². The van der Waals surface area contributed by atoms with Gasteiger partial charge in [0.25, 0.3) is 0 Å². The molecule has 1 aliphatic carbocycles. The minimum atomic E-state index is 0.208. The number of hydrogen-bond acceptors (Lipinski definition) is 6. The molecule has 0 aliphatic heterocycles. The molecule has 0 radical (unpaired) electrons. The van der Waals surface area contributed by atoms with Crippen molar-refractivity contribution in [3.05, 3.63) is 29.6 Å². The zero-order valence-electron chi connectivity index (χ0n) is 15.4. The molecule has 0 unspecified atom stereocenters. The average Bonchev–Trinajstić information content (AvgIpc) is 3.31. The first kappa shape index (κ1) is 18.8. The van der Waals surface area contributed by atoms with Crippen LogP contribution in [-0.2, 0) is 6.42 Å². The van der Waals surface area contributed by atoms with E-state index in [2.05, 4.69) is 26.0 Å². The molecule has 1 N–H and O–H groups in total. The van der Waals surface area contributed by atoms with Crippen LogP contribution in [0.1, 0.15) is 49.5 Å². The molecule has 0 atom stereocenters. The van der Waals surface area contributed by atoms with Crippen LogP contribution in [0.15, 0.2) is 28.3 Å². The highest BCUT2D eigenvalue weighted by Gasteiger charge is 2.23. The van der Waals surface area contributed by atoms with Gasteiger partial charge in [-0.1, -0.05) is 24.6 Å². The normalized spacial score (nSPS) is 15.2. The van der Waals surface area contributed by atoms with Gasteiger partial charge in [0.1, 0.15) is 17.3 Å². The van der Waals surface area contributed by atoms with Crippen LogP contribution in [0.5, 0.6) is 11.5 Å². The molecule has 6 nitrogen and oxygen atoms in total. The van der Waals surface area contributed by atoms with Gasteiger partial charge in [0.15, 0.2) is 5.16 Å². The molecule has 3 rings (SSSR count). The first-order valence-electron chi connectivity index (χ1n) is 9.07. The SMILES string of the molecule is COc1ccc(O)c(C=NCCCc2nnc(SC)n2C2CCCC2)c1. The van der Waals surface area contributed by atoms with E-state index >= 15 is 0 Å². The van der Waals surface area contributed by atoms with Crippen LogP contribution in [0, 0.1) is 0 Å². The first-order chi connectivity index (χ1) is 12.7. The number of benzene rings is 1. The number of aryl methyl sites for hydroxylation is 1. The van der Waals surface area contributed by atoms with Gasteiger partial charge in [-0.15, -0.1) is 10.2 Å². The topological polar surface area (TPSA) is 72.5 Å². The number of rotatable bonds is 8. The Hall–Kier alpha value is -2.02. The van der Waals surface area contributed by atoms with Crippen molar-refractivity contribution in [2.45, 2.75) is 49.7 Å². The highest BCUT2D eigenvalue weighted by atomic mass is 32.2. The monoisotopic (exact) mass is 374 g/mol. The Morgan fingerprint density at radius 2 is 2.15 bits per heavy atom. The maximum absolute atomic E-state index is 9.88. The standard InChI is InChI=1S/C19H26N4O2S/c1-25-16-9-10-17(24)14(12-16)13-20-11-5-8-18-21-22-19(26-2)23(18)15-6-3-4-7-15/h9-10,12-13,15,24H,3-8,11H2,1-2H3. The molecule has 1 aromatic heterocycles. The number of nitrogens with zero attached hydrogens (tertiary/aromatic N) is 4. The third-order valence-corrected chi connectivity index (χ3v) is 5.40. The smallest absolute Gasteiger partial charge is 0.191 e. The van der Waals surface area contributed by atoms with E-state index in [9.17, 15) is 5.11 Å². The molecule has 1 aliphatic rings. The summed E-state index contributed by atoms with van der Waals surface area (Å²) in [6.07, 6.45) is 10.6. The van der Waals surface area contributed by atoms with Crippen molar-refractivity contribution >= 4 is 18.0 Å². The summed E-state index contributed by atoms with van der Waals surface area (Å²) in [6.45, 7) is 0.683. The third-order valence-electron chi connectivity index (χ3n) is 4.76. The largest absolute Gasteiger partial charge is 0.507 e. The lowest BCUT2D eigenvalue weighted by atomic mass is 10.2. The van der Waals surface area contributed by atoms with Crippen LogP contribution in [-0.4, -0.2) is 46.0 Å². The van der Waals surface area contributed by atoms with Crippen LogP contribution in [0.4, 0.5) is 0 Å². The van der Waals surface area contributed by atoms with Crippen LogP contribution >= 0.6 is 11.8 Å². The van der Waals surface area contributed by atoms with Crippen molar-refractivity contribution < 1.29 is 9.84 Å². The Bertz CT molecular complexity index is 754. The quantitative estimate of drug-likeness (QED) is 0.431. The molecule has 2 aromatic rings. The van der Waals surface area contributed by atoms with Crippen molar-refractivity contribution in [3.8, 4) is 11.5 Å². The van der Waals surface area contributed by atoms with E-state index in [4.69, 9.17) is 4.74 Å². The summed E-state index contributed by atoms with van der Waals surface area (Å²) in [4.78, 5) is 4.44. The van der Waals surface area contributed by atoms with Crippen LogP contribution in [0.3, 0.4) is 0 Å². The van der Waals surface area contributed by atoms with Gasteiger partial charge >= 0.3 is 0 Å². The number of methoxy groups -OCH3 is 1. The lowest BCUT2D eigenvalue weighted by molar-refractivity contribution is 0.412. The minimum Gasteiger partial charge on any atom is -0.507 e. The fourth-order valence-corrected chi connectivity index (χ4v) is 3.97. The molecule has 0 amide bonds. The van der Waals surface area contributed by atoms with Crippen LogP contribution in [0.2, 0.25) is 0 Å². The van der Waals surface area contributed by atoms with E-state index < -0.39 is 0 Å². The van der Waals surface area contributed by atoms with Crippen molar-refractivity contribution in [3.63, 3.8) is 0 Å². The van der Waals surface area contributed by atoms with E-state index in [-0.39, 0.29) is 5.75 Å². The number of thioether (sulfide) groups is 1. The number of hydrogen-bond donors (Lipinski definition) is 1. The first-order valence-corrected chi connectivity index (χ1v) is 10.3. The van der Waals surface area contributed by atoms with E-state index in [0.29, 0.717) is 23.9 Å². The molecule has 0 bridgehead atoms. The molecule has 7 heteroatoms. The highest BCUT2D eigenvalue weighted by Crippen LogP contribution is 2.33. The highest BCUT2D eigenvalue weighted by molar-refractivity contribution is 7.98. The Morgan fingerprint density at radius 3 is 2.88 bits per heavy atom. The van der Waals surface area contributed by atoms with Gasteiger partial charge in [0, 0.05) is 30.8 Å². The Labute approximate surface area is 158 Å². The number of phenolic OH excluding ortho intramolecular Hbond substituents is 1. The zero-order valence-corrected chi connectivity index (χ0v) is 16.2. The third kappa shape index (κ3) is 4.38. The number of aromatic nitrogens is 3. The maximum atomic E-state index is 9.88. The summed E-state index contributed by atoms with van der Waals surface area (Å²) < 4.78 is 7.52. The van der Waals surface area contributed by atoms with Gasteiger partial charge in [-0.25, -0.2) is 0 Å². The fourth-order valence-electron chi connectivity index (χ4n) is 3.40. The number of aromatic hydroxyl groups is 1. The molecular weight excluding hydrogens is 348 g/mol. The second-order valence-electron chi connectivity index (χ2n) is 6.47. The van der Waals surface area contributed by atoms with E-state index in [1.807, 2.05) is 0 Å². The molecule has 1 fully saturated rings. The molecule has 26 heavy (non-hydrogen) atoms. The van der Waals surface area contributed by atoms with Crippen molar-refractivity contribution in [1.82, 2.24) is 14.8 Å². The van der Waals surface area contributed by atoms with Gasteiger partial charge in [0.2, 0.25) is 0 Å². The summed E-state index contributed by atoms with van der Waals surface area (Å²) in [5.41, 5.74) is 0.670. The van der Waals surface area contributed by atoms with Crippen LogP contribution < -0.4 is 4.74 Å². The molecule has 0 spiro atoms. The lowest BCUT2D eigenvalue weighted by Gasteiger charge is -2.15. The summed E-state index contributed by atoms with van der Waals surface area (Å²) in [7, 11) is 1.61. The molecule has 1 aromatic carbocycles.